The number of anilines is 2. The summed E-state index contributed by atoms with van der Waals surface area (Å²) in [5.41, 5.74) is 1.36. The Balaban J connectivity index is 2.39. The maximum absolute atomic E-state index is 12.6. The van der Waals surface area contributed by atoms with Crippen LogP contribution in [0.4, 0.5) is 11.4 Å². The third-order valence-electron chi connectivity index (χ3n) is 3.48. The fraction of sp³-hybridized carbons (Fsp3) is 0.188. The number of rotatable bonds is 4. The van der Waals surface area contributed by atoms with E-state index >= 15 is 0 Å². The summed E-state index contributed by atoms with van der Waals surface area (Å²) in [6.07, 6.45) is 1.08. The monoisotopic (exact) mass is 352 g/mol. The van der Waals surface area contributed by atoms with Crippen molar-refractivity contribution in [2.75, 3.05) is 29.6 Å². The molecule has 1 amide bonds. The van der Waals surface area contributed by atoms with E-state index in [0.717, 1.165) is 16.2 Å². The first-order chi connectivity index (χ1) is 10.7. The van der Waals surface area contributed by atoms with Gasteiger partial charge in [-0.15, -0.1) is 0 Å². The Bertz CT molecular complexity index is 822. The van der Waals surface area contributed by atoms with E-state index in [0.29, 0.717) is 5.56 Å². The summed E-state index contributed by atoms with van der Waals surface area (Å²) in [6.45, 7) is 0. The standard InChI is InChI=1S/C16H17ClN2O3S/c1-18(13-7-5-4-6-8-13)16(20)12-9-10-14(17)15(11-12)19(2)23(3,21)22/h4-11H,1-3H3. The molecular formula is C16H17ClN2O3S. The molecule has 0 atom stereocenters. The number of carbonyl (C=O) groups is 1. The Labute approximate surface area is 141 Å². The first kappa shape index (κ1) is 17.3. The van der Waals surface area contributed by atoms with Gasteiger partial charge in [0, 0.05) is 25.3 Å². The molecule has 0 aliphatic rings. The van der Waals surface area contributed by atoms with Gasteiger partial charge in [0.15, 0.2) is 0 Å². The molecule has 0 aliphatic heterocycles. The molecule has 0 radical (unpaired) electrons. The summed E-state index contributed by atoms with van der Waals surface area (Å²) >= 11 is 6.07. The number of sulfonamides is 1. The van der Waals surface area contributed by atoms with Crippen molar-refractivity contribution in [3.05, 3.63) is 59.1 Å². The smallest absolute Gasteiger partial charge is 0.258 e. The van der Waals surface area contributed by atoms with Gasteiger partial charge in [-0.25, -0.2) is 8.42 Å². The molecule has 23 heavy (non-hydrogen) atoms. The fourth-order valence-corrected chi connectivity index (χ4v) is 2.83. The van der Waals surface area contributed by atoms with Crippen molar-refractivity contribution in [1.29, 1.82) is 0 Å². The lowest BCUT2D eigenvalue weighted by atomic mass is 10.1. The van der Waals surface area contributed by atoms with Crippen molar-refractivity contribution in [3.63, 3.8) is 0 Å². The van der Waals surface area contributed by atoms with Crippen LogP contribution in [0.25, 0.3) is 0 Å². The molecule has 122 valence electrons. The first-order valence-electron chi connectivity index (χ1n) is 6.78. The maximum atomic E-state index is 12.6. The molecule has 0 unspecified atom stereocenters. The molecule has 0 bridgehead atoms. The highest BCUT2D eigenvalue weighted by atomic mass is 35.5. The van der Waals surface area contributed by atoms with Gasteiger partial charge in [-0.3, -0.25) is 9.10 Å². The third-order valence-corrected chi connectivity index (χ3v) is 4.99. The zero-order valence-electron chi connectivity index (χ0n) is 13.0. The Morgan fingerprint density at radius 1 is 1.04 bits per heavy atom. The third kappa shape index (κ3) is 3.83. The van der Waals surface area contributed by atoms with E-state index < -0.39 is 10.0 Å². The van der Waals surface area contributed by atoms with Gasteiger partial charge in [0.2, 0.25) is 10.0 Å². The molecule has 0 spiro atoms. The fourth-order valence-electron chi connectivity index (χ4n) is 2.03. The van der Waals surface area contributed by atoms with Crippen LogP contribution in [0.5, 0.6) is 0 Å². The van der Waals surface area contributed by atoms with Gasteiger partial charge in [0.1, 0.15) is 0 Å². The molecule has 5 nitrogen and oxygen atoms in total. The number of hydrogen-bond acceptors (Lipinski definition) is 3. The van der Waals surface area contributed by atoms with Crippen LogP contribution in [0.1, 0.15) is 10.4 Å². The van der Waals surface area contributed by atoms with E-state index in [1.54, 1.807) is 13.1 Å². The topological polar surface area (TPSA) is 57.7 Å². The van der Waals surface area contributed by atoms with Gasteiger partial charge in [0.05, 0.1) is 17.0 Å². The Morgan fingerprint density at radius 2 is 1.65 bits per heavy atom. The number of carbonyl (C=O) groups excluding carboxylic acids is 1. The number of benzene rings is 2. The highest BCUT2D eigenvalue weighted by molar-refractivity contribution is 7.92. The van der Waals surface area contributed by atoms with Crippen LogP contribution in [-0.4, -0.2) is 34.7 Å². The molecule has 0 aliphatic carbocycles. The van der Waals surface area contributed by atoms with Gasteiger partial charge < -0.3 is 4.90 Å². The Morgan fingerprint density at radius 3 is 2.22 bits per heavy atom. The predicted octanol–water partition coefficient (Wildman–Crippen LogP) is 3.01. The van der Waals surface area contributed by atoms with Crippen LogP contribution in [0.2, 0.25) is 5.02 Å². The van der Waals surface area contributed by atoms with Gasteiger partial charge in [-0.1, -0.05) is 29.8 Å². The Hall–Kier alpha value is -2.05. The molecule has 2 aromatic rings. The highest BCUT2D eigenvalue weighted by Gasteiger charge is 2.19. The van der Waals surface area contributed by atoms with E-state index in [-0.39, 0.29) is 16.6 Å². The van der Waals surface area contributed by atoms with Crippen LogP contribution >= 0.6 is 11.6 Å². The number of amides is 1. The highest BCUT2D eigenvalue weighted by Crippen LogP contribution is 2.28. The lowest BCUT2D eigenvalue weighted by molar-refractivity contribution is 0.0993. The van der Waals surface area contributed by atoms with E-state index in [1.165, 1.54) is 24.1 Å². The zero-order valence-corrected chi connectivity index (χ0v) is 14.6. The number of nitrogens with zero attached hydrogens (tertiary/aromatic N) is 2. The van der Waals surface area contributed by atoms with Crippen LogP contribution < -0.4 is 9.21 Å². The Kier molecular flexibility index (Phi) is 4.97. The largest absolute Gasteiger partial charge is 0.311 e. The van der Waals surface area contributed by atoms with E-state index in [9.17, 15) is 13.2 Å². The van der Waals surface area contributed by atoms with Crippen LogP contribution in [0.15, 0.2) is 48.5 Å². The molecule has 7 heteroatoms. The van der Waals surface area contributed by atoms with Crippen molar-refractivity contribution in [1.82, 2.24) is 0 Å². The minimum atomic E-state index is -3.47. The minimum absolute atomic E-state index is 0.254. The first-order valence-corrected chi connectivity index (χ1v) is 9.01. The summed E-state index contributed by atoms with van der Waals surface area (Å²) in [5.74, 6) is -0.254. The average Bonchev–Trinajstić information content (AvgIpc) is 2.53. The lowest BCUT2D eigenvalue weighted by Crippen LogP contribution is -2.28. The van der Waals surface area contributed by atoms with Crippen LogP contribution in [0.3, 0.4) is 0 Å². The van der Waals surface area contributed by atoms with Crippen LogP contribution in [0, 0.1) is 0 Å². The number of hydrogen-bond donors (Lipinski definition) is 0. The quantitative estimate of drug-likeness (QED) is 0.849. The maximum Gasteiger partial charge on any atom is 0.258 e. The van der Waals surface area contributed by atoms with Gasteiger partial charge in [-0.2, -0.15) is 0 Å². The molecule has 0 aromatic heterocycles. The van der Waals surface area contributed by atoms with E-state index in [4.69, 9.17) is 11.6 Å². The van der Waals surface area contributed by atoms with Crippen molar-refractivity contribution < 1.29 is 13.2 Å². The number of para-hydroxylation sites is 1. The van der Waals surface area contributed by atoms with Gasteiger partial charge >= 0.3 is 0 Å². The molecule has 0 N–H and O–H groups in total. The average molecular weight is 353 g/mol. The van der Waals surface area contributed by atoms with Crippen molar-refractivity contribution in [3.8, 4) is 0 Å². The van der Waals surface area contributed by atoms with E-state index in [2.05, 4.69) is 0 Å². The van der Waals surface area contributed by atoms with E-state index in [1.807, 2.05) is 30.3 Å². The van der Waals surface area contributed by atoms with Crippen molar-refractivity contribution in [2.24, 2.45) is 0 Å². The molecule has 0 saturated carbocycles. The van der Waals surface area contributed by atoms with Crippen molar-refractivity contribution >= 4 is 38.9 Å². The second kappa shape index (κ2) is 6.60. The van der Waals surface area contributed by atoms with Gasteiger partial charge in [0.25, 0.3) is 5.91 Å². The predicted molar refractivity (Wildman–Crippen MR) is 93.9 cm³/mol. The lowest BCUT2D eigenvalue weighted by Gasteiger charge is -2.21. The summed E-state index contributed by atoms with van der Waals surface area (Å²) in [5, 5.41) is 0.261. The molecular weight excluding hydrogens is 336 g/mol. The summed E-state index contributed by atoms with van der Waals surface area (Å²) in [4.78, 5) is 14.1. The molecule has 0 heterocycles. The summed E-state index contributed by atoms with van der Waals surface area (Å²) in [7, 11) is -0.416. The molecule has 2 aromatic carbocycles. The van der Waals surface area contributed by atoms with Gasteiger partial charge in [-0.05, 0) is 30.3 Å². The SMILES string of the molecule is CN(C(=O)c1ccc(Cl)c(N(C)S(C)(=O)=O)c1)c1ccccc1. The second-order valence-electron chi connectivity index (χ2n) is 5.10. The summed E-state index contributed by atoms with van der Waals surface area (Å²) in [6, 6.07) is 13.7. The summed E-state index contributed by atoms with van der Waals surface area (Å²) < 4.78 is 24.4. The minimum Gasteiger partial charge on any atom is -0.311 e. The number of halogens is 1. The van der Waals surface area contributed by atoms with Crippen LogP contribution in [-0.2, 0) is 10.0 Å². The van der Waals surface area contributed by atoms with Crippen molar-refractivity contribution in [2.45, 2.75) is 0 Å². The zero-order chi connectivity index (χ0) is 17.2. The molecule has 0 saturated heterocycles. The molecule has 0 fully saturated rings. The molecule has 2 rings (SSSR count). The second-order valence-corrected chi connectivity index (χ2v) is 7.52. The normalized spacial score (nSPS) is 11.1.